The summed E-state index contributed by atoms with van der Waals surface area (Å²) in [5.74, 6) is -4.31. The predicted octanol–water partition coefficient (Wildman–Crippen LogP) is -0.961. The van der Waals surface area contributed by atoms with Crippen molar-refractivity contribution in [3.8, 4) is 0 Å². The minimum absolute atomic E-state index is 0.0157. The highest BCUT2D eigenvalue weighted by atomic mass is 16.6. The third kappa shape index (κ3) is 12.1. The Hall–Kier alpha value is -2.16. The van der Waals surface area contributed by atoms with Gasteiger partial charge in [0.25, 0.3) is 0 Å². The third-order valence-electron chi connectivity index (χ3n) is 1.57. The van der Waals surface area contributed by atoms with Gasteiger partial charge in [0.05, 0.1) is 13.2 Å². The zero-order valence-electron chi connectivity index (χ0n) is 9.99. The molecule has 0 heterocycles. The fraction of sp³-hybridized carbons (Fsp3) is 0.600. The molecule has 9 nitrogen and oxygen atoms in total. The van der Waals surface area contributed by atoms with E-state index in [-0.39, 0.29) is 26.4 Å². The second kappa shape index (κ2) is 9.83. The van der Waals surface area contributed by atoms with Gasteiger partial charge in [-0.05, 0) is 0 Å². The summed E-state index contributed by atoms with van der Waals surface area (Å²) in [6, 6.07) is 0. The predicted molar refractivity (Wildman–Crippen MR) is 57.2 cm³/mol. The minimum atomic E-state index is -1.28. The Labute approximate surface area is 108 Å². The Morgan fingerprint density at radius 2 is 1.05 bits per heavy atom. The van der Waals surface area contributed by atoms with Crippen LogP contribution in [0.25, 0.3) is 0 Å². The van der Waals surface area contributed by atoms with Gasteiger partial charge in [-0.3, -0.25) is 19.2 Å². The normalized spacial score (nSPS) is 9.68. The van der Waals surface area contributed by atoms with Crippen LogP contribution < -0.4 is 0 Å². The van der Waals surface area contributed by atoms with Crippen molar-refractivity contribution < 1.29 is 43.6 Å². The van der Waals surface area contributed by atoms with Crippen LogP contribution in [0.5, 0.6) is 0 Å². The second-order valence-corrected chi connectivity index (χ2v) is 3.19. The van der Waals surface area contributed by atoms with Gasteiger partial charge >= 0.3 is 23.9 Å². The van der Waals surface area contributed by atoms with E-state index in [0.29, 0.717) is 0 Å². The highest BCUT2D eigenvalue weighted by Gasteiger charge is 2.09. The van der Waals surface area contributed by atoms with Crippen molar-refractivity contribution in [3.05, 3.63) is 0 Å². The molecule has 0 unspecified atom stereocenters. The van der Waals surface area contributed by atoms with E-state index in [1.165, 1.54) is 0 Å². The molecule has 0 aliphatic carbocycles. The van der Waals surface area contributed by atoms with Gasteiger partial charge in [0.1, 0.15) is 26.1 Å². The van der Waals surface area contributed by atoms with Crippen molar-refractivity contribution in [1.29, 1.82) is 0 Å². The van der Waals surface area contributed by atoms with E-state index < -0.39 is 36.7 Å². The third-order valence-corrected chi connectivity index (χ3v) is 1.57. The van der Waals surface area contributed by atoms with Gasteiger partial charge < -0.3 is 24.4 Å². The number of esters is 2. The molecule has 0 spiro atoms. The molecule has 108 valence electrons. The van der Waals surface area contributed by atoms with Crippen LogP contribution in [0.4, 0.5) is 0 Å². The van der Waals surface area contributed by atoms with E-state index >= 15 is 0 Å². The maximum atomic E-state index is 10.8. The van der Waals surface area contributed by atoms with Crippen molar-refractivity contribution in [2.45, 2.75) is 12.8 Å². The van der Waals surface area contributed by atoms with Gasteiger partial charge in [0, 0.05) is 0 Å². The average molecular weight is 278 g/mol. The minimum Gasteiger partial charge on any atom is -0.481 e. The highest BCUT2D eigenvalue weighted by Crippen LogP contribution is 1.89. The molecular weight excluding hydrogens is 264 g/mol. The van der Waals surface area contributed by atoms with E-state index in [1.54, 1.807) is 0 Å². The largest absolute Gasteiger partial charge is 0.481 e. The molecule has 0 bridgehead atoms. The monoisotopic (exact) mass is 278 g/mol. The number of hydrogen-bond donors (Lipinski definition) is 2. The molecule has 0 saturated carbocycles. The number of carboxylic acids is 2. The van der Waals surface area contributed by atoms with E-state index in [0.717, 1.165) is 0 Å². The van der Waals surface area contributed by atoms with Gasteiger partial charge in [-0.2, -0.15) is 0 Å². The molecule has 0 fully saturated rings. The number of carbonyl (C=O) groups is 4. The molecule has 9 heteroatoms. The lowest BCUT2D eigenvalue weighted by Gasteiger charge is -2.05. The maximum absolute atomic E-state index is 10.8. The van der Waals surface area contributed by atoms with Crippen molar-refractivity contribution in [3.63, 3.8) is 0 Å². The standard InChI is InChI=1S/C10H14O9/c11-7(12)5-9(15)18-3-1-17-2-4-19-10(16)6-8(13)14/h1-6H2,(H,11,12)(H,13,14). The number of ether oxygens (including phenoxy) is 3. The van der Waals surface area contributed by atoms with Crippen LogP contribution in [0.2, 0.25) is 0 Å². The Bertz CT molecular complexity index is 304. The van der Waals surface area contributed by atoms with Crippen molar-refractivity contribution in [2.24, 2.45) is 0 Å². The van der Waals surface area contributed by atoms with E-state index in [2.05, 4.69) is 9.47 Å². The smallest absolute Gasteiger partial charge is 0.317 e. The molecule has 0 atom stereocenters. The molecule has 0 aliphatic rings. The van der Waals surface area contributed by atoms with Crippen LogP contribution in [0.1, 0.15) is 12.8 Å². The van der Waals surface area contributed by atoms with Gasteiger partial charge in [-0.1, -0.05) is 0 Å². The van der Waals surface area contributed by atoms with Crippen molar-refractivity contribution in [2.75, 3.05) is 26.4 Å². The molecule has 19 heavy (non-hydrogen) atoms. The van der Waals surface area contributed by atoms with Crippen LogP contribution in [0.3, 0.4) is 0 Å². The molecule has 0 radical (unpaired) electrons. The summed E-state index contributed by atoms with van der Waals surface area (Å²) < 4.78 is 13.9. The first kappa shape index (κ1) is 16.8. The Morgan fingerprint density at radius 1 is 0.684 bits per heavy atom. The Balaban J connectivity index is 3.36. The van der Waals surface area contributed by atoms with E-state index in [9.17, 15) is 19.2 Å². The van der Waals surface area contributed by atoms with E-state index in [1.807, 2.05) is 0 Å². The first-order valence-electron chi connectivity index (χ1n) is 5.24. The highest BCUT2D eigenvalue weighted by molar-refractivity contribution is 5.90. The molecule has 0 aliphatic heterocycles. The van der Waals surface area contributed by atoms with Crippen LogP contribution in [-0.2, 0) is 33.4 Å². The van der Waals surface area contributed by atoms with E-state index in [4.69, 9.17) is 14.9 Å². The molecule has 0 rings (SSSR count). The lowest BCUT2D eigenvalue weighted by Crippen LogP contribution is -2.17. The molecule has 0 aromatic carbocycles. The summed E-state index contributed by atoms with van der Waals surface area (Å²) in [6.45, 7) is -0.200. The first-order valence-corrected chi connectivity index (χ1v) is 5.24. The Morgan fingerprint density at radius 3 is 1.37 bits per heavy atom. The summed E-state index contributed by atoms with van der Waals surface area (Å²) in [7, 11) is 0. The van der Waals surface area contributed by atoms with Gasteiger partial charge in [0.15, 0.2) is 0 Å². The first-order chi connectivity index (χ1) is 8.91. The van der Waals surface area contributed by atoms with Gasteiger partial charge in [-0.25, -0.2) is 0 Å². The van der Waals surface area contributed by atoms with Gasteiger partial charge in [-0.15, -0.1) is 0 Å². The quantitative estimate of drug-likeness (QED) is 0.294. The molecule has 2 N–H and O–H groups in total. The summed E-state index contributed by atoms with van der Waals surface area (Å²) in [4.78, 5) is 41.7. The topological polar surface area (TPSA) is 136 Å². The fourth-order valence-corrected chi connectivity index (χ4v) is 0.880. The SMILES string of the molecule is O=C(O)CC(=O)OCCOCCOC(=O)CC(=O)O. The Kier molecular flexibility index (Phi) is 8.71. The van der Waals surface area contributed by atoms with Crippen molar-refractivity contribution in [1.82, 2.24) is 0 Å². The lowest BCUT2D eigenvalue weighted by molar-refractivity contribution is -0.152. The number of aliphatic carboxylic acids is 2. The molecule has 0 aromatic heterocycles. The second-order valence-electron chi connectivity index (χ2n) is 3.19. The summed E-state index contributed by atoms with van der Waals surface area (Å²) >= 11 is 0. The number of carbonyl (C=O) groups excluding carboxylic acids is 2. The van der Waals surface area contributed by atoms with Crippen LogP contribution in [0, 0.1) is 0 Å². The number of hydrogen-bond acceptors (Lipinski definition) is 7. The van der Waals surface area contributed by atoms with Crippen LogP contribution in [0.15, 0.2) is 0 Å². The zero-order valence-corrected chi connectivity index (χ0v) is 9.99. The average Bonchev–Trinajstić information content (AvgIpc) is 2.25. The number of carboxylic acid groups (broad SMARTS) is 2. The molecular formula is C10H14O9. The fourth-order valence-electron chi connectivity index (χ4n) is 0.880. The summed E-state index contributed by atoms with van der Waals surface area (Å²) in [5, 5.41) is 16.5. The van der Waals surface area contributed by atoms with Crippen LogP contribution in [-0.4, -0.2) is 60.5 Å². The van der Waals surface area contributed by atoms with Gasteiger partial charge in [0.2, 0.25) is 0 Å². The number of rotatable bonds is 10. The molecule has 0 aromatic rings. The van der Waals surface area contributed by atoms with Crippen molar-refractivity contribution >= 4 is 23.9 Å². The van der Waals surface area contributed by atoms with Crippen LogP contribution >= 0.6 is 0 Å². The molecule has 0 amide bonds. The molecule has 0 saturated heterocycles. The lowest BCUT2D eigenvalue weighted by atomic mass is 10.4. The summed E-state index contributed by atoms with van der Waals surface area (Å²) in [6.07, 6.45) is -1.43. The summed E-state index contributed by atoms with van der Waals surface area (Å²) in [5.41, 5.74) is 0. The maximum Gasteiger partial charge on any atom is 0.317 e. The zero-order chi connectivity index (χ0) is 14.7.